The molecule has 0 unspecified atom stereocenters. The van der Waals surface area contributed by atoms with Crippen LogP contribution < -0.4 is 0 Å². The fraction of sp³-hybridized carbons (Fsp3) is 0.429. The number of aromatic amines is 1. The van der Waals surface area contributed by atoms with Gasteiger partial charge in [0.25, 0.3) is 0 Å². The molecule has 0 bridgehead atoms. The van der Waals surface area contributed by atoms with Crippen LogP contribution in [0.1, 0.15) is 11.3 Å². The number of aryl methyl sites for hydroxylation is 1. The van der Waals surface area contributed by atoms with E-state index in [0.29, 0.717) is 0 Å². The predicted molar refractivity (Wildman–Crippen MR) is 36.3 cm³/mol. The number of rotatable bonds is 2. The van der Waals surface area contributed by atoms with Gasteiger partial charge in [0, 0.05) is 24.9 Å². The maximum atomic E-state index is 8.51. The Balaban J connectivity index is 2.61. The van der Waals surface area contributed by atoms with Gasteiger partial charge in [-0.2, -0.15) is 0 Å². The summed E-state index contributed by atoms with van der Waals surface area (Å²) in [5, 5.41) is 8.51. The average Bonchev–Trinajstić information content (AvgIpc) is 2.17. The van der Waals surface area contributed by atoms with Crippen molar-refractivity contribution in [3.05, 3.63) is 23.5 Å². The fourth-order valence-corrected chi connectivity index (χ4v) is 0.829. The molecule has 2 heteroatoms. The van der Waals surface area contributed by atoms with Gasteiger partial charge in [-0.05, 0) is 18.6 Å². The molecular formula is C7H11NO. The number of aliphatic hydroxyl groups excluding tert-OH is 1. The van der Waals surface area contributed by atoms with E-state index in [0.717, 1.165) is 12.1 Å². The predicted octanol–water partition coefficient (Wildman–Crippen LogP) is 0.858. The number of aromatic nitrogens is 1. The van der Waals surface area contributed by atoms with E-state index >= 15 is 0 Å². The summed E-state index contributed by atoms with van der Waals surface area (Å²) in [6.45, 7) is 2.25. The molecule has 0 amide bonds. The summed E-state index contributed by atoms with van der Waals surface area (Å²) in [7, 11) is 0. The first-order valence-electron chi connectivity index (χ1n) is 3.07. The minimum atomic E-state index is 0.222. The first kappa shape index (κ1) is 6.36. The molecule has 2 nitrogen and oxygen atoms in total. The second kappa shape index (κ2) is 2.69. The van der Waals surface area contributed by atoms with Crippen molar-refractivity contribution in [1.29, 1.82) is 0 Å². The lowest BCUT2D eigenvalue weighted by atomic mass is 10.3. The van der Waals surface area contributed by atoms with Gasteiger partial charge in [-0.1, -0.05) is 0 Å². The minimum Gasteiger partial charge on any atom is -0.396 e. The first-order valence-corrected chi connectivity index (χ1v) is 3.07. The molecule has 0 aliphatic heterocycles. The fourth-order valence-electron chi connectivity index (χ4n) is 0.829. The highest BCUT2D eigenvalue weighted by Gasteiger charge is 1.91. The van der Waals surface area contributed by atoms with Crippen LogP contribution in [0.3, 0.4) is 0 Å². The van der Waals surface area contributed by atoms with E-state index in [2.05, 4.69) is 4.98 Å². The average molecular weight is 125 g/mol. The monoisotopic (exact) mass is 125 g/mol. The number of nitrogens with one attached hydrogen (secondary N) is 1. The maximum absolute atomic E-state index is 8.51. The molecule has 0 radical (unpaired) electrons. The molecule has 0 fully saturated rings. The van der Waals surface area contributed by atoms with Crippen LogP contribution in [0.25, 0.3) is 0 Å². The van der Waals surface area contributed by atoms with Gasteiger partial charge in [-0.3, -0.25) is 0 Å². The molecule has 0 saturated carbocycles. The molecule has 0 saturated heterocycles. The van der Waals surface area contributed by atoms with Gasteiger partial charge in [0.05, 0.1) is 0 Å². The van der Waals surface area contributed by atoms with E-state index in [4.69, 9.17) is 5.11 Å². The minimum absolute atomic E-state index is 0.222. The van der Waals surface area contributed by atoms with Crippen LogP contribution in [0, 0.1) is 6.92 Å². The highest BCUT2D eigenvalue weighted by molar-refractivity contribution is 5.14. The Kier molecular flexibility index (Phi) is 1.90. The molecule has 0 aliphatic carbocycles. The molecule has 2 N–H and O–H groups in total. The van der Waals surface area contributed by atoms with Crippen molar-refractivity contribution in [2.75, 3.05) is 6.61 Å². The quantitative estimate of drug-likeness (QED) is 0.604. The molecule has 1 aromatic rings. The summed E-state index contributed by atoms with van der Waals surface area (Å²) in [6, 6.07) is 2.04. The molecule has 0 aliphatic rings. The molecular weight excluding hydrogens is 114 g/mol. The Labute approximate surface area is 54.5 Å². The number of hydrogen-bond donors (Lipinski definition) is 2. The van der Waals surface area contributed by atoms with Crippen molar-refractivity contribution in [1.82, 2.24) is 4.98 Å². The van der Waals surface area contributed by atoms with Crippen LogP contribution >= 0.6 is 0 Å². The lowest BCUT2D eigenvalue weighted by Gasteiger charge is -1.87. The van der Waals surface area contributed by atoms with Crippen molar-refractivity contribution in [2.24, 2.45) is 0 Å². The highest BCUT2D eigenvalue weighted by atomic mass is 16.3. The Hall–Kier alpha value is -0.760. The van der Waals surface area contributed by atoms with Gasteiger partial charge in [-0.15, -0.1) is 0 Å². The summed E-state index contributed by atoms with van der Waals surface area (Å²) in [4.78, 5) is 3.05. The molecule has 0 aromatic carbocycles. The lowest BCUT2D eigenvalue weighted by Crippen LogP contribution is -1.88. The second-order valence-corrected chi connectivity index (χ2v) is 2.18. The first-order chi connectivity index (χ1) is 4.33. The van der Waals surface area contributed by atoms with Crippen molar-refractivity contribution in [3.8, 4) is 0 Å². The van der Waals surface area contributed by atoms with E-state index in [9.17, 15) is 0 Å². The van der Waals surface area contributed by atoms with Crippen LogP contribution in [-0.2, 0) is 6.42 Å². The normalized spacial score (nSPS) is 10.0. The van der Waals surface area contributed by atoms with Gasteiger partial charge in [0.15, 0.2) is 0 Å². The lowest BCUT2D eigenvalue weighted by molar-refractivity contribution is 0.298. The van der Waals surface area contributed by atoms with Gasteiger partial charge >= 0.3 is 0 Å². The van der Waals surface area contributed by atoms with Crippen LogP contribution in [0.4, 0.5) is 0 Å². The largest absolute Gasteiger partial charge is 0.396 e. The van der Waals surface area contributed by atoms with E-state index < -0.39 is 0 Å². The zero-order valence-corrected chi connectivity index (χ0v) is 5.52. The van der Waals surface area contributed by atoms with Crippen molar-refractivity contribution in [2.45, 2.75) is 13.3 Å². The van der Waals surface area contributed by atoms with Crippen molar-refractivity contribution < 1.29 is 5.11 Å². The summed E-state index contributed by atoms with van der Waals surface area (Å²) in [5.74, 6) is 0. The number of aliphatic hydroxyl groups is 1. The van der Waals surface area contributed by atoms with Crippen LogP contribution in [-0.4, -0.2) is 16.7 Å². The van der Waals surface area contributed by atoms with Gasteiger partial charge in [0.2, 0.25) is 0 Å². The maximum Gasteiger partial charge on any atom is 0.0485 e. The summed E-state index contributed by atoms with van der Waals surface area (Å²) in [6.07, 6.45) is 2.67. The molecule has 1 heterocycles. The molecule has 50 valence electrons. The topological polar surface area (TPSA) is 36.0 Å². The number of hydrogen-bond acceptors (Lipinski definition) is 1. The Morgan fingerprint density at radius 1 is 1.67 bits per heavy atom. The summed E-state index contributed by atoms with van der Waals surface area (Å²) < 4.78 is 0. The third-order valence-corrected chi connectivity index (χ3v) is 1.27. The van der Waals surface area contributed by atoms with Crippen LogP contribution in [0.15, 0.2) is 12.3 Å². The zero-order chi connectivity index (χ0) is 6.69. The molecule has 9 heavy (non-hydrogen) atoms. The van der Waals surface area contributed by atoms with Crippen LogP contribution in [0.2, 0.25) is 0 Å². The molecule has 0 atom stereocenters. The zero-order valence-electron chi connectivity index (χ0n) is 5.52. The highest BCUT2D eigenvalue weighted by Crippen LogP contribution is 2.00. The van der Waals surface area contributed by atoms with E-state index in [-0.39, 0.29) is 6.61 Å². The standard InChI is InChI=1S/C7H11NO/c1-6-4-7(2-3-9)8-5-6/h4-5,8-9H,2-3H2,1H3. The summed E-state index contributed by atoms with van der Waals surface area (Å²) in [5.41, 5.74) is 2.33. The van der Waals surface area contributed by atoms with Crippen molar-refractivity contribution in [3.63, 3.8) is 0 Å². The third kappa shape index (κ3) is 1.57. The van der Waals surface area contributed by atoms with E-state index in [1.54, 1.807) is 0 Å². The molecule has 1 aromatic heterocycles. The van der Waals surface area contributed by atoms with Crippen molar-refractivity contribution >= 4 is 0 Å². The SMILES string of the molecule is Cc1c[nH]c(CCO)c1. The molecule has 1 rings (SSSR count). The van der Waals surface area contributed by atoms with Gasteiger partial charge in [0.1, 0.15) is 0 Å². The van der Waals surface area contributed by atoms with Crippen LogP contribution in [0.5, 0.6) is 0 Å². The van der Waals surface area contributed by atoms with Gasteiger partial charge < -0.3 is 10.1 Å². The van der Waals surface area contributed by atoms with Gasteiger partial charge in [-0.25, -0.2) is 0 Å². The smallest absolute Gasteiger partial charge is 0.0485 e. The second-order valence-electron chi connectivity index (χ2n) is 2.18. The van der Waals surface area contributed by atoms with E-state index in [1.807, 2.05) is 19.2 Å². The Morgan fingerprint density at radius 2 is 2.44 bits per heavy atom. The number of H-pyrrole nitrogens is 1. The third-order valence-electron chi connectivity index (χ3n) is 1.27. The molecule has 0 spiro atoms. The summed E-state index contributed by atoms with van der Waals surface area (Å²) >= 11 is 0. The Bertz CT molecular complexity index is 181. The Morgan fingerprint density at radius 3 is 2.89 bits per heavy atom. The van der Waals surface area contributed by atoms with E-state index in [1.165, 1.54) is 5.56 Å².